The molecule has 8 atom stereocenters. The normalized spacial score (nSPS) is 39.4. The number of nitrogens with two attached hydrogens (primary N) is 1. The monoisotopic (exact) mass is 422 g/mol. The molecule has 0 radical (unpaired) electrons. The maximum Gasteiger partial charge on any atom is 0.0650 e. The van der Waals surface area contributed by atoms with Crippen LogP contribution in [0.3, 0.4) is 0 Å². The molecule has 0 aliphatic heterocycles. The van der Waals surface area contributed by atoms with E-state index < -0.39 is 0 Å². The summed E-state index contributed by atoms with van der Waals surface area (Å²) in [6, 6.07) is 0. The quantitative estimate of drug-likeness (QED) is 0.200. The Hall–Kier alpha value is -0.530. The molecule has 174 valence electrons. The molecule has 3 fully saturated rings. The lowest BCUT2D eigenvalue weighted by atomic mass is 9.50. The SMILES string of the molecule is COCCC1CCC2C(CCC3(C)C(C(=N)CNNC(C)N)CCC23)C1CCCO. The molecule has 0 aromatic rings. The van der Waals surface area contributed by atoms with Crippen molar-refractivity contribution in [2.24, 2.45) is 46.7 Å². The number of aliphatic hydroxyl groups is 1. The fourth-order valence-corrected chi connectivity index (χ4v) is 7.64. The second-order valence-corrected chi connectivity index (χ2v) is 10.6. The zero-order valence-electron chi connectivity index (χ0n) is 19.5. The van der Waals surface area contributed by atoms with Crippen LogP contribution >= 0.6 is 0 Å². The van der Waals surface area contributed by atoms with Gasteiger partial charge in [0.2, 0.25) is 0 Å². The first-order valence-electron chi connectivity index (χ1n) is 12.3. The van der Waals surface area contributed by atoms with Crippen LogP contribution in [0.4, 0.5) is 0 Å². The van der Waals surface area contributed by atoms with E-state index >= 15 is 0 Å². The molecule has 3 saturated carbocycles. The maximum atomic E-state index is 9.48. The Bertz CT molecular complexity index is 557. The summed E-state index contributed by atoms with van der Waals surface area (Å²) in [7, 11) is 1.81. The van der Waals surface area contributed by atoms with Crippen molar-refractivity contribution in [1.29, 1.82) is 5.41 Å². The molecule has 0 saturated heterocycles. The molecule has 0 heterocycles. The number of fused-ring (bicyclic) bond motifs is 3. The second kappa shape index (κ2) is 10.9. The van der Waals surface area contributed by atoms with E-state index in [0.717, 1.165) is 54.7 Å². The van der Waals surface area contributed by atoms with Gasteiger partial charge in [0, 0.05) is 38.5 Å². The Kier molecular flexibility index (Phi) is 8.73. The topological polar surface area (TPSA) is 103 Å². The van der Waals surface area contributed by atoms with E-state index in [9.17, 15) is 5.11 Å². The van der Waals surface area contributed by atoms with Crippen LogP contribution in [-0.4, -0.2) is 43.9 Å². The van der Waals surface area contributed by atoms with Gasteiger partial charge in [-0.2, -0.15) is 0 Å². The fourth-order valence-electron chi connectivity index (χ4n) is 7.64. The van der Waals surface area contributed by atoms with Crippen molar-refractivity contribution in [3.63, 3.8) is 0 Å². The van der Waals surface area contributed by atoms with Crippen LogP contribution in [0.2, 0.25) is 0 Å². The van der Waals surface area contributed by atoms with Crippen molar-refractivity contribution in [3.05, 3.63) is 0 Å². The molecule has 0 bridgehead atoms. The molecule has 0 aromatic carbocycles. The molecule has 0 amide bonds. The number of nitrogens with one attached hydrogen (secondary N) is 3. The van der Waals surface area contributed by atoms with Gasteiger partial charge < -0.3 is 21.0 Å². The maximum absolute atomic E-state index is 9.48. The largest absolute Gasteiger partial charge is 0.396 e. The first-order chi connectivity index (χ1) is 14.4. The number of hydrazine groups is 1. The molecule has 0 spiro atoms. The Labute approximate surface area is 183 Å². The van der Waals surface area contributed by atoms with Crippen molar-refractivity contribution in [2.75, 3.05) is 26.9 Å². The number of hydrogen-bond donors (Lipinski definition) is 5. The van der Waals surface area contributed by atoms with Gasteiger partial charge in [-0.25, -0.2) is 5.43 Å². The molecule has 0 aromatic heterocycles. The molecule has 6 nitrogen and oxygen atoms in total. The van der Waals surface area contributed by atoms with Gasteiger partial charge in [-0.3, -0.25) is 5.43 Å². The van der Waals surface area contributed by atoms with Gasteiger partial charge in [0.1, 0.15) is 0 Å². The Morgan fingerprint density at radius 2 is 2.00 bits per heavy atom. The molecule has 30 heavy (non-hydrogen) atoms. The molecule has 8 unspecified atom stereocenters. The molecule has 6 N–H and O–H groups in total. The Morgan fingerprint density at radius 1 is 1.20 bits per heavy atom. The molecule has 3 aliphatic rings. The highest BCUT2D eigenvalue weighted by Crippen LogP contribution is 2.63. The van der Waals surface area contributed by atoms with Crippen molar-refractivity contribution in [1.82, 2.24) is 10.9 Å². The minimum atomic E-state index is -0.107. The minimum absolute atomic E-state index is 0.107. The Morgan fingerprint density at radius 3 is 2.70 bits per heavy atom. The van der Waals surface area contributed by atoms with Crippen LogP contribution in [0.1, 0.15) is 71.6 Å². The predicted molar refractivity (Wildman–Crippen MR) is 122 cm³/mol. The number of rotatable bonds is 11. The highest BCUT2D eigenvalue weighted by Gasteiger charge is 2.57. The molecular weight excluding hydrogens is 376 g/mol. The van der Waals surface area contributed by atoms with Gasteiger partial charge in [-0.15, -0.1) is 0 Å². The van der Waals surface area contributed by atoms with E-state index in [1.54, 1.807) is 0 Å². The van der Waals surface area contributed by atoms with Gasteiger partial charge in [0.15, 0.2) is 0 Å². The minimum Gasteiger partial charge on any atom is -0.396 e. The van der Waals surface area contributed by atoms with Gasteiger partial charge in [-0.1, -0.05) is 6.92 Å². The fraction of sp³-hybridized carbons (Fsp3) is 0.958. The third-order valence-corrected chi connectivity index (χ3v) is 8.94. The molecular formula is C24H46N4O2. The van der Waals surface area contributed by atoms with Crippen molar-refractivity contribution in [3.8, 4) is 0 Å². The summed E-state index contributed by atoms with van der Waals surface area (Å²) in [5, 5.41) is 18.2. The van der Waals surface area contributed by atoms with Crippen molar-refractivity contribution in [2.45, 2.75) is 77.8 Å². The summed E-state index contributed by atoms with van der Waals surface area (Å²) in [5.74, 6) is 4.25. The van der Waals surface area contributed by atoms with E-state index in [2.05, 4.69) is 17.8 Å². The van der Waals surface area contributed by atoms with Gasteiger partial charge in [0.25, 0.3) is 0 Å². The summed E-state index contributed by atoms with van der Waals surface area (Å²) in [5.41, 5.74) is 13.1. The van der Waals surface area contributed by atoms with Crippen LogP contribution < -0.4 is 16.6 Å². The summed E-state index contributed by atoms with van der Waals surface area (Å²) < 4.78 is 5.41. The van der Waals surface area contributed by atoms with Crippen LogP contribution in [0.15, 0.2) is 0 Å². The first-order valence-corrected chi connectivity index (χ1v) is 12.3. The lowest BCUT2D eigenvalue weighted by Gasteiger charge is -2.55. The summed E-state index contributed by atoms with van der Waals surface area (Å²) in [4.78, 5) is 0. The number of hydrogen-bond acceptors (Lipinski definition) is 6. The number of ether oxygens (including phenoxy) is 1. The highest BCUT2D eigenvalue weighted by molar-refractivity contribution is 5.86. The molecule has 3 aliphatic carbocycles. The second-order valence-electron chi connectivity index (χ2n) is 10.6. The van der Waals surface area contributed by atoms with Crippen molar-refractivity contribution >= 4 is 5.71 Å². The third-order valence-electron chi connectivity index (χ3n) is 8.94. The standard InChI is InChI=1S/C24H46N4O2/c1-16(25)28-27-15-23(26)22-9-8-21-20-7-6-17(11-14-30-3)18(5-4-13-29)19(20)10-12-24(21,22)2/h16-22,26-29H,4-15,25H2,1-3H3. The number of methoxy groups -OCH3 is 1. The zero-order chi connectivity index (χ0) is 21.7. The van der Waals surface area contributed by atoms with Crippen LogP contribution in [0, 0.1) is 46.3 Å². The first kappa shape index (κ1) is 24.1. The summed E-state index contributed by atoms with van der Waals surface area (Å²) in [6.45, 7) is 6.15. The predicted octanol–water partition coefficient (Wildman–Crippen LogP) is 3.30. The lowest BCUT2D eigenvalue weighted by Crippen LogP contribution is -2.50. The van der Waals surface area contributed by atoms with E-state index in [0.29, 0.717) is 19.1 Å². The van der Waals surface area contributed by atoms with Crippen molar-refractivity contribution < 1.29 is 9.84 Å². The summed E-state index contributed by atoms with van der Waals surface area (Å²) >= 11 is 0. The van der Waals surface area contributed by atoms with Gasteiger partial charge >= 0.3 is 0 Å². The average molecular weight is 423 g/mol. The highest BCUT2D eigenvalue weighted by atomic mass is 16.5. The smallest absolute Gasteiger partial charge is 0.0650 e. The lowest BCUT2D eigenvalue weighted by molar-refractivity contribution is -0.0523. The van der Waals surface area contributed by atoms with E-state index in [4.69, 9.17) is 15.9 Å². The molecule has 6 heteroatoms. The third kappa shape index (κ3) is 5.09. The average Bonchev–Trinajstić information content (AvgIpc) is 3.07. The van der Waals surface area contributed by atoms with Crippen LogP contribution in [-0.2, 0) is 4.74 Å². The van der Waals surface area contributed by atoms with Crippen LogP contribution in [0.5, 0.6) is 0 Å². The van der Waals surface area contributed by atoms with E-state index in [1.165, 1.54) is 44.9 Å². The van der Waals surface area contributed by atoms with Crippen LogP contribution in [0.25, 0.3) is 0 Å². The molecule has 3 rings (SSSR count). The van der Waals surface area contributed by atoms with E-state index in [1.807, 2.05) is 14.0 Å². The van der Waals surface area contributed by atoms with Gasteiger partial charge in [-0.05, 0) is 99.7 Å². The van der Waals surface area contributed by atoms with Gasteiger partial charge in [0.05, 0.1) is 6.17 Å². The van der Waals surface area contributed by atoms with E-state index in [-0.39, 0.29) is 11.6 Å². The zero-order valence-corrected chi connectivity index (χ0v) is 19.5. The summed E-state index contributed by atoms with van der Waals surface area (Å²) in [6.07, 6.45) is 10.8. The number of aliphatic hydroxyl groups excluding tert-OH is 1. The Balaban J connectivity index is 1.68.